The summed E-state index contributed by atoms with van der Waals surface area (Å²) in [4.78, 5) is 0. The molecule has 0 aromatic rings. The van der Waals surface area contributed by atoms with Gasteiger partial charge in [-0.15, -0.1) is 0 Å². The van der Waals surface area contributed by atoms with Crippen LogP contribution in [0.2, 0.25) is 0 Å². The minimum atomic E-state index is -0.00360. The zero-order valence-corrected chi connectivity index (χ0v) is 15.4. The molecule has 2 nitrogen and oxygen atoms in total. The van der Waals surface area contributed by atoms with Gasteiger partial charge in [-0.25, -0.2) is 0 Å². The molecule has 0 amide bonds. The fourth-order valence-corrected chi connectivity index (χ4v) is 2.62. The van der Waals surface area contributed by atoms with Gasteiger partial charge in [0.05, 0.1) is 0 Å². The van der Waals surface area contributed by atoms with Gasteiger partial charge in [0.1, 0.15) is 0 Å². The SMILES string of the molecule is CCCCCCCCCC/C=C/CCCC(OCC)OCC. The van der Waals surface area contributed by atoms with Crippen LogP contribution in [0.1, 0.15) is 97.8 Å². The first-order chi connectivity index (χ1) is 10.8. The average molecular weight is 313 g/mol. The number of hydrogen-bond donors (Lipinski definition) is 0. The Balaban J connectivity index is 3.29. The van der Waals surface area contributed by atoms with E-state index >= 15 is 0 Å². The third kappa shape index (κ3) is 16.0. The Morgan fingerprint density at radius 2 is 1.14 bits per heavy atom. The van der Waals surface area contributed by atoms with Gasteiger partial charge in [0.15, 0.2) is 6.29 Å². The molecule has 0 rings (SSSR count). The largest absolute Gasteiger partial charge is 0.353 e. The molecule has 2 heteroatoms. The molecule has 0 heterocycles. The van der Waals surface area contributed by atoms with Crippen molar-refractivity contribution < 1.29 is 9.47 Å². The molecule has 132 valence electrons. The van der Waals surface area contributed by atoms with Gasteiger partial charge in [0, 0.05) is 13.2 Å². The molecule has 0 aromatic carbocycles. The summed E-state index contributed by atoms with van der Waals surface area (Å²) in [5.74, 6) is 0. The Labute approximate surface area is 139 Å². The van der Waals surface area contributed by atoms with E-state index in [0.29, 0.717) is 0 Å². The highest BCUT2D eigenvalue weighted by Gasteiger charge is 2.05. The van der Waals surface area contributed by atoms with Crippen molar-refractivity contribution in [2.45, 2.75) is 104 Å². The lowest BCUT2D eigenvalue weighted by molar-refractivity contribution is -0.139. The molecule has 0 aliphatic rings. The average Bonchev–Trinajstić information content (AvgIpc) is 2.52. The molecule has 22 heavy (non-hydrogen) atoms. The number of hydrogen-bond acceptors (Lipinski definition) is 2. The number of allylic oxidation sites excluding steroid dienone is 2. The van der Waals surface area contributed by atoms with Crippen molar-refractivity contribution in [2.75, 3.05) is 13.2 Å². The Morgan fingerprint density at radius 3 is 1.68 bits per heavy atom. The molecule has 0 N–H and O–H groups in total. The van der Waals surface area contributed by atoms with E-state index in [-0.39, 0.29) is 6.29 Å². The second kappa shape index (κ2) is 18.7. The van der Waals surface area contributed by atoms with Crippen LogP contribution in [-0.4, -0.2) is 19.5 Å². The number of ether oxygens (including phenoxy) is 2. The van der Waals surface area contributed by atoms with E-state index in [1.807, 2.05) is 13.8 Å². The summed E-state index contributed by atoms with van der Waals surface area (Å²) in [5, 5.41) is 0. The Morgan fingerprint density at radius 1 is 0.636 bits per heavy atom. The second-order valence-corrected chi connectivity index (χ2v) is 6.01. The van der Waals surface area contributed by atoms with Crippen molar-refractivity contribution in [3.05, 3.63) is 12.2 Å². The fraction of sp³-hybridized carbons (Fsp3) is 0.900. The molecule has 0 spiro atoms. The van der Waals surface area contributed by atoms with Crippen molar-refractivity contribution >= 4 is 0 Å². The molecule has 0 bridgehead atoms. The van der Waals surface area contributed by atoms with Gasteiger partial charge < -0.3 is 9.47 Å². The van der Waals surface area contributed by atoms with Gasteiger partial charge in [-0.3, -0.25) is 0 Å². The van der Waals surface area contributed by atoms with Gasteiger partial charge in [0.25, 0.3) is 0 Å². The third-order valence-electron chi connectivity index (χ3n) is 3.91. The van der Waals surface area contributed by atoms with E-state index in [9.17, 15) is 0 Å². The zero-order chi connectivity index (χ0) is 16.3. The van der Waals surface area contributed by atoms with Crippen LogP contribution in [0.4, 0.5) is 0 Å². The molecule has 0 fully saturated rings. The highest BCUT2D eigenvalue weighted by atomic mass is 16.7. The number of rotatable bonds is 17. The van der Waals surface area contributed by atoms with E-state index in [2.05, 4.69) is 19.1 Å². The summed E-state index contributed by atoms with van der Waals surface area (Å²) in [6.07, 6.45) is 20.5. The van der Waals surface area contributed by atoms with Crippen LogP contribution in [-0.2, 0) is 9.47 Å². The van der Waals surface area contributed by atoms with E-state index in [1.54, 1.807) is 0 Å². The first-order valence-electron chi connectivity index (χ1n) is 9.73. The Bertz CT molecular complexity index is 220. The summed E-state index contributed by atoms with van der Waals surface area (Å²) in [6.45, 7) is 7.80. The lowest BCUT2D eigenvalue weighted by Crippen LogP contribution is -2.16. The minimum Gasteiger partial charge on any atom is -0.353 e. The molecular formula is C20H40O2. The van der Waals surface area contributed by atoms with Gasteiger partial charge >= 0.3 is 0 Å². The summed E-state index contributed by atoms with van der Waals surface area (Å²) in [6, 6.07) is 0. The molecule has 0 aliphatic heterocycles. The molecular weight excluding hydrogens is 272 g/mol. The summed E-state index contributed by atoms with van der Waals surface area (Å²) in [5.41, 5.74) is 0. The predicted molar refractivity (Wildman–Crippen MR) is 97.3 cm³/mol. The number of unbranched alkanes of at least 4 members (excludes halogenated alkanes) is 9. The standard InChI is InChI=1S/C20H40O2/c1-4-7-8-9-10-11-12-13-14-15-16-17-18-19-20(21-5-2)22-6-3/h15-16,20H,4-14,17-19H2,1-3H3/b16-15+. The summed E-state index contributed by atoms with van der Waals surface area (Å²) < 4.78 is 11.1. The molecule has 0 aliphatic carbocycles. The maximum atomic E-state index is 5.54. The van der Waals surface area contributed by atoms with Crippen molar-refractivity contribution in [1.29, 1.82) is 0 Å². The monoisotopic (exact) mass is 312 g/mol. The fourth-order valence-electron chi connectivity index (χ4n) is 2.62. The van der Waals surface area contributed by atoms with E-state index in [1.165, 1.54) is 57.8 Å². The van der Waals surface area contributed by atoms with Crippen LogP contribution in [0, 0.1) is 0 Å². The molecule has 0 saturated carbocycles. The quantitative estimate of drug-likeness (QED) is 0.170. The lowest BCUT2D eigenvalue weighted by atomic mass is 10.1. The topological polar surface area (TPSA) is 18.5 Å². The molecule has 0 radical (unpaired) electrons. The molecule has 0 atom stereocenters. The summed E-state index contributed by atoms with van der Waals surface area (Å²) >= 11 is 0. The van der Waals surface area contributed by atoms with Crippen LogP contribution in [0.15, 0.2) is 12.2 Å². The molecule has 0 aromatic heterocycles. The Hall–Kier alpha value is -0.340. The smallest absolute Gasteiger partial charge is 0.157 e. The van der Waals surface area contributed by atoms with Gasteiger partial charge in [-0.1, -0.05) is 64.0 Å². The predicted octanol–water partition coefficient (Wildman–Crippen LogP) is 6.64. The zero-order valence-electron chi connectivity index (χ0n) is 15.4. The van der Waals surface area contributed by atoms with Crippen LogP contribution >= 0.6 is 0 Å². The van der Waals surface area contributed by atoms with Gasteiger partial charge in [-0.2, -0.15) is 0 Å². The Kier molecular flexibility index (Phi) is 18.4. The highest BCUT2D eigenvalue weighted by molar-refractivity contribution is 4.81. The first-order valence-corrected chi connectivity index (χ1v) is 9.73. The summed E-state index contributed by atoms with van der Waals surface area (Å²) in [7, 11) is 0. The first kappa shape index (κ1) is 21.7. The normalized spacial score (nSPS) is 11.8. The highest BCUT2D eigenvalue weighted by Crippen LogP contribution is 2.11. The van der Waals surface area contributed by atoms with Crippen LogP contribution in [0.3, 0.4) is 0 Å². The van der Waals surface area contributed by atoms with Crippen molar-refractivity contribution in [2.24, 2.45) is 0 Å². The van der Waals surface area contributed by atoms with E-state index in [4.69, 9.17) is 9.47 Å². The lowest BCUT2D eigenvalue weighted by Gasteiger charge is -2.15. The second-order valence-electron chi connectivity index (χ2n) is 6.01. The maximum absolute atomic E-state index is 5.54. The van der Waals surface area contributed by atoms with Crippen molar-refractivity contribution in [3.8, 4) is 0 Å². The van der Waals surface area contributed by atoms with E-state index in [0.717, 1.165) is 32.5 Å². The van der Waals surface area contributed by atoms with Crippen LogP contribution < -0.4 is 0 Å². The van der Waals surface area contributed by atoms with Crippen molar-refractivity contribution in [1.82, 2.24) is 0 Å². The molecule has 0 unspecified atom stereocenters. The maximum Gasteiger partial charge on any atom is 0.157 e. The van der Waals surface area contributed by atoms with Crippen LogP contribution in [0.5, 0.6) is 0 Å². The van der Waals surface area contributed by atoms with Crippen molar-refractivity contribution in [3.63, 3.8) is 0 Å². The van der Waals surface area contributed by atoms with Crippen LogP contribution in [0.25, 0.3) is 0 Å². The van der Waals surface area contributed by atoms with Gasteiger partial charge in [-0.05, 0) is 46.0 Å². The van der Waals surface area contributed by atoms with E-state index < -0.39 is 0 Å². The van der Waals surface area contributed by atoms with Gasteiger partial charge in [0.2, 0.25) is 0 Å². The minimum absolute atomic E-state index is 0.00360. The molecule has 0 saturated heterocycles. The third-order valence-corrected chi connectivity index (χ3v) is 3.91.